The minimum absolute atomic E-state index is 0.0308. The van der Waals surface area contributed by atoms with Crippen molar-refractivity contribution in [2.75, 3.05) is 0 Å². The summed E-state index contributed by atoms with van der Waals surface area (Å²) in [4.78, 5) is 19.7. The van der Waals surface area contributed by atoms with E-state index in [0.29, 0.717) is 0 Å². The van der Waals surface area contributed by atoms with Crippen LogP contribution < -0.4 is 0 Å². The fourth-order valence-electron chi connectivity index (χ4n) is 1.30. The van der Waals surface area contributed by atoms with Gasteiger partial charge in [-0.15, -0.1) is 0 Å². The average Bonchev–Trinajstić information content (AvgIpc) is 2.33. The molecule has 2 rings (SSSR count). The van der Waals surface area contributed by atoms with Gasteiger partial charge in [-0.1, -0.05) is 11.8 Å². The summed E-state index contributed by atoms with van der Waals surface area (Å²) in [6.45, 7) is 1.96. The van der Waals surface area contributed by atoms with Crippen molar-refractivity contribution < 1.29 is 9.90 Å². The second kappa shape index (κ2) is 5.49. The zero-order valence-electron chi connectivity index (χ0n) is 9.42. The van der Waals surface area contributed by atoms with E-state index in [-0.39, 0.29) is 5.69 Å². The van der Waals surface area contributed by atoms with Crippen LogP contribution in [0, 0.1) is 6.92 Å². The summed E-state index contributed by atoms with van der Waals surface area (Å²) in [5.41, 5.74) is 1.09. The van der Waals surface area contributed by atoms with Crippen molar-refractivity contribution in [2.45, 2.75) is 16.8 Å². The van der Waals surface area contributed by atoms with Gasteiger partial charge in [0.1, 0.15) is 10.7 Å². The first kappa shape index (κ1) is 13.0. The number of carbonyl (C=O) groups is 1. The summed E-state index contributed by atoms with van der Waals surface area (Å²) in [6, 6.07) is 5.25. The molecule has 2 heterocycles. The number of carboxylic acids is 1. The van der Waals surface area contributed by atoms with Gasteiger partial charge in [-0.05, 0) is 46.6 Å². The lowest BCUT2D eigenvalue weighted by atomic mass is 10.3. The quantitative estimate of drug-likeness (QED) is 0.937. The smallest absolute Gasteiger partial charge is 0.354 e. The Morgan fingerprint density at radius 3 is 2.83 bits per heavy atom. The number of aromatic nitrogens is 2. The molecule has 2 aromatic rings. The maximum atomic E-state index is 10.8. The van der Waals surface area contributed by atoms with Crippen molar-refractivity contribution in [2.24, 2.45) is 0 Å². The minimum atomic E-state index is -1.03. The van der Waals surface area contributed by atoms with Crippen LogP contribution in [0.3, 0.4) is 0 Å². The number of aromatic carboxylic acids is 1. The van der Waals surface area contributed by atoms with Gasteiger partial charge >= 0.3 is 5.97 Å². The molecule has 0 bridgehead atoms. The first-order valence-corrected chi connectivity index (χ1v) is 6.66. The van der Waals surface area contributed by atoms with Crippen molar-refractivity contribution in [1.29, 1.82) is 0 Å². The fraction of sp³-hybridized carbons (Fsp3) is 0.0833. The van der Waals surface area contributed by atoms with E-state index in [1.165, 1.54) is 24.0 Å². The third-order valence-electron chi connectivity index (χ3n) is 2.11. The zero-order chi connectivity index (χ0) is 13.1. The Balaban J connectivity index is 2.28. The molecule has 0 aliphatic carbocycles. The third-order valence-corrected chi connectivity index (χ3v) is 3.98. The predicted octanol–water partition coefficient (Wildman–Crippen LogP) is 3.40. The molecule has 0 aromatic carbocycles. The van der Waals surface area contributed by atoms with Gasteiger partial charge in [0.2, 0.25) is 0 Å². The van der Waals surface area contributed by atoms with E-state index in [0.717, 1.165) is 20.0 Å². The van der Waals surface area contributed by atoms with Crippen LogP contribution in [0.4, 0.5) is 0 Å². The molecular formula is C12H9BrN2O2S. The van der Waals surface area contributed by atoms with Crippen molar-refractivity contribution >= 4 is 33.7 Å². The van der Waals surface area contributed by atoms with E-state index < -0.39 is 5.97 Å². The van der Waals surface area contributed by atoms with Gasteiger partial charge in [0.15, 0.2) is 0 Å². The topological polar surface area (TPSA) is 63.1 Å². The lowest BCUT2D eigenvalue weighted by Crippen LogP contribution is -1.99. The van der Waals surface area contributed by atoms with Gasteiger partial charge in [-0.3, -0.25) is 0 Å². The van der Waals surface area contributed by atoms with E-state index in [1.54, 1.807) is 12.3 Å². The molecule has 0 saturated heterocycles. The van der Waals surface area contributed by atoms with Crippen LogP contribution in [0.5, 0.6) is 0 Å². The third kappa shape index (κ3) is 3.08. The van der Waals surface area contributed by atoms with Gasteiger partial charge in [0, 0.05) is 17.3 Å². The molecule has 0 saturated carbocycles. The molecule has 0 unspecified atom stereocenters. The standard InChI is InChI=1S/C12H9BrN2O2S/c1-7-4-9(13)11(15-6-7)18-8-2-3-14-10(5-8)12(16)17/h2-6H,1H3,(H,16,17). The maximum absolute atomic E-state index is 10.8. The Morgan fingerprint density at radius 2 is 2.17 bits per heavy atom. The second-order valence-corrected chi connectivity index (χ2v) is 5.50. The number of nitrogens with zero attached hydrogens (tertiary/aromatic N) is 2. The Kier molecular flexibility index (Phi) is 3.98. The van der Waals surface area contributed by atoms with Crippen LogP contribution >= 0.6 is 27.7 Å². The summed E-state index contributed by atoms with van der Waals surface area (Å²) < 4.78 is 0.890. The van der Waals surface area contributed by atoms with Gasteiger partial charge in [0.05, 0.1) is 4.47 Å². The van der Waals surface area contributed by atoms with Crippen LogP contribution in [0.2, 0.25) is 0 Å². The predicted molar refractivity (Wildman–Crippen MR) is 72.0 cm³/mol. The number of halogens is 1. The average molecular weight is 325 g/mol. The van der Waals surface area contributed by atoms with Crippen molar-refractivity contribution in [3.8, 4) is 0 Å². The minimum Gasteiger partial charge on any atom is -0.477 e. The molecule has 0 atom stereocenters. The molecule has 0 radical (unpaired) electrons. The highest BCUT2D eigenvalue weighted by molar-refractivity contribution is 9.10. The number of hydrogen-bond acceptors (Lipinski definition) is 4. The number of rotatable bonds is 3. The molecule has 0 fully saturated rings. The Morgan fingerprint density at radius 1 is 1.39 bits per heavy atom. The normalized spacial score (nSPS) is 10.3. The van der Waals surface area contributed by atoms with Crippen molar-refractivity contribution in [3.05, 3.63) is 46.3 Å². The summed E-state index contributed by atoms with van der Waals surface area (Å²) in [5, 5.41) is 9.66. The summed E-state index contributed by atoms with van der Waals surface area (Å²) in [7, 11) is 0. The monoisotopic (exact) mass is 324 g/mol. The summed E-state index contributed by atoms with van der Waals surface area (Å²) >= 11 is 4.83. The summed E-state index contributed by atoms with van der Waals surface area (Å²) in [6.07, 6.45) is 3.25. The van der Waals surface area contributed by atoms with Gasteiger partial charge in [-0.25, -0.2) is 14.8 Å². The van der Waals surface area contributed by atoms with Crippen LogP contribution in [-0.2, 0) is 0 Å². The molecule has 0 aliphatic heterocycles. The fourth-order valence-corrected chi connectivity index (χ4v) is 2.79. The summed E-state index contributed by atoms with van der Waals surface area (Å²) in [5.74, 6) is -1.03. The first-order valence-electron chi connectivity index (χ1n) is 5.05. The molecule has 0 spiro atoms. The molecule has 92 valence electrons. The Hall–Kier alpha value is -1.40. The molecule has 4 nitrogen and oxygen atoms in total. The highest BCUT2D eigenvalue weighted by atomic mass is 79.9. The highest BCUT2D eigenvalue weighted by Gasteiger charge is 2.08. The largest absolute Gasteiger partial charge is 0.477 e. The van der Waals surface area contributed by atoms with E-state index in [1.807, 2.05) is 13.0 Å². The molecular weight excluding hydrogens is 316 g/mol. The highest BCUT2D eigenvalue weighted by Crippen LogP contribution is 2.32. The molecule has 2 aromatic heterocycles. The van der Waals surface area contributed by atoms with Crippen molar-refractivity contribution in [3.63, 3.8) is 0 Å². The zero-order valence-corrected chi connectivity index (χ0v) is 11.8. The number of pyridine rings is 2. The molecule has 1 N–H and O–H groups in total. The van der Waals surface area contributed by atoms with Gasteiger partial charge < -0.3 is 5.11 Å². The number of hydrogen-bond donors (Lipinski definition) is 1. The molecule has 0 amide bonds. The van der Waals surface area contributed by atoms with Crippen LogP contribution in [0.1, 0.15) is 16.1 Å². The van der Waals surface area contributed by atoms with Crippen LogP contribution in [-0.4, -0.2) is 21.0 Å². The van der Waals surface area contributed by atoms with E-state index in [2.05, 4.69) is 25.9 Å². The first-order chi connectivity index (χ1) is 8.56. The Labute approximate surface area is 117 Å². The maximum Gasteiger partial charge on any atom is 0.354 e. The van der Waals surface area contributed by atoms with E-state index in [9.17, 15) is 4.79 Å². The SMILES string of the molecule is Cc1cnc(Sc2ccnc(C(=O)O)c2)c(Br)c1. The van der Waals surface area contributed by atoms with Gasteiger partial charge in [-0.2, -0.15) is 0 Å². The van der Waals surface area contributed by atoms with Crippen LogP contribution in [0.25, 0.3) is 0 Å². The lowest BCUT2D eigenvalue weighted by molar-refractivity contribution is 0.0690. The van der Waals surface area contributed by atoms with E-state index >= 15 is 0 Å². The van der Waals surface area contributed by atoms with Crippen LogP contribution in [0.15, 0.2) is 45.0 Å². The Bertz CT molecular complexity index is 604. The lowest BCUT2D eigenvalue weighted by Gasteiger charge is -2.04. The molecule has 18 heavy (non-hydrogen) atoms. The van der Waals surface area contributed by atoms with Gasteiger partial charge in [0.25, 0.3) is 0 Å². The van der Waals surface area contributed by atoms with E-state index in [4.69, 9.17) is 5.11 Å². The second-order valence-electron chi connectivity index (χ2n) is 3.58. The number of aryl methyl sites for hydroxylation is 1. The molecule has 0 aliphatic rings. The van der Waals surface area contributed by atoms with Crippen molar-refractivity contribution in [1.82, 2.24) is 9.97 Å². The molecule has 6 heteroatoms. The number of carboxylic acid groups (broad SMARTS) is 1.